The van der Waals surface area contributed by atoms with Gasteiger partial charge in [-0.05, 0) is 44.9 Å². The second kappa shape index (κ2) is 6.94. The number of rotatable bonds is 6. The van der Waals surface area contributed by atoms with Crippen molar-refractivity contribution in [3.63, 3.8) is 0 Å². The number of nitrogens with zero attached hydrogens (tertiary/aromatic N) is 1. The summed E-state index contributed by atoms with van der Waals surface area (Å²) in [5, 5.41) is 3.40. The predicted octanol–water partition coefficient (Wildman–Crippen LogP) is 3.09. The van der Waals surface area contributed by atoms with Crippen LogP contribution in [0.15, 0.2) is 24.3 Å². The third-order valence-corrected chi connectivity index (χ3v) is 4.00. The monoisotopic (exact) mass is 290 g/mol. The Labute approximate surface area is 127 Å². The molecule has 1 aromatic rings. The summed E-state index contributed by atoms with van der Waals surface area (Å²) in [5.74, 6) is 1.06. The lowest BCUT2D eigenvalue weighted by molar-refractivity contribution is -0.131. The Morgan fingerprint density at radius 3 is 2.52 bits per heavy atom. The van der Waals surface area contributed by atoms with Gasteiger partial charge in [0.15, 0.2) is 0 Å². The molecule has 0 bridgehead atoms. The molecule has 3 unspecified atom stereocenters. The largest absolute Gasteiger partial charge is 0.494 e. The molecule has 1 fully saturated rings. The molecule has 0 spiro atoms. The highest BCUT2D eigenvalue weighted by atomic mass is 16.5. The highest BCUT2D eigenvalue weighted by molar-refractivity contribution is 5.84. The van der Waals surface area contributed by atoms with E-state index in [4.69, 9.17) is 4.74 Å². The maximum atomic E-state index is 12.4. The van der Waals surface area contributed by atoms with E-state index < -0.39 is 0 Å². The summed E-state index contributed by atoms with van der Waals surface area (Å²) >= 11 is 0. The van der Waals surface area contributed by atoms with Crippen molar-refractivity contribution < 1.29 is 9.53 Å². The molecule has 0 aromatic heterocycles. The number of hydrogen-bond acceptors (Lipinski definition) is 3. The van der Waals surface area contributed by atoms with Crippen LogP contribution in [0.1, 0.15) is 52.3 Å². The van der Waals surface area contributed by atoms with Gasteiger partial charge in [0.1, 0.15) is 11.9 Å². The van der Waals surface area contributed by atoms with Gasteiger partial charge in [0.05, 0.1) is 12.6 Å². The van der Waals surface area contributed by atoms with Crippen LogP contribution in [0.5, 0.6) is 5.75 Å². The Morgan fingerprint density at radius 1 is 1.29 bits per heavy atom. The van der Waals surface area contributed by atoms with Gasteiger partial charge in [-0.25, -0.2) is 0 Å². The van der Waals surface area contributed by atoms with Crippen molar-refractivity contribution in [2.75, 3.05) is 6.61 Å². The molecule has 2 rings (SSSR count). The molecule has 116 valence electrons. The van der Waals surface area contributed by atoms with Gasteiger partial charge in [0, 0.05) is 6.04 Å². The number of nitrogens with one attached hydrogen (secondary N) is 1. The van der Waals surface area contributed by atoms with Gasteiger partial charge in [-0.2, -0.15) is 0 Å². The lowest BCUT2D eigenvalue weighted by Crippen LogP contribution is -2.38. The second-order valence-corrected chi connectivity index (χ2v) is 5.68. The van der Waals surface area contributed by atoms with E-state index >= 15 is 0 Å². The smallest absolute Gasteiger partial charge is 0.241 e. The summed E-state index contributed by atoms with van der Waals surface area (Å²) in [7, 11) is 0. The van der Waals surface area contributed by atoms with Crippen LogP contribution in [0, 0.1) is 0 Å². The van der Waals surface area contributed by atoms with Crippen LogP contribution in [-0.2, 0) is 4.79 Å². The summed E-state index contributed by atoms with van der Waals surface area (Å²) in [6.07, 6.45) is 2.06. The first kappa shape index (κ1) is 15.8. The van der Waals surface area contributed by atoms with E-state index in [-0.39, 0.29) is 24.2 Å². The van der Waals surface area contributed by atoms with Crippen molar-refractivity contribution in [1.82, 2.24) is 10.2 Å². The van der Waals surface area contributed by atoms with Crippen LogP contribution in [0.4, 0.5) is 0 Å². The zero-order valence-electron chi connectivity index (χ0n) is 13.4. The molecule has 4 heteroatoms. The minimum absolute atomic E-state index is 0.0373. The normalized spacial score (nSPS) is 23.4. The Balaban J connectivity index is 2.21. The summed E-state index contributed by atoms with van der Waals surface area (Å²) in [5.41, 5.74) is 1.11. The maximum Gasteiger partial charge on any atom is 0.241 e. The predicted molar refractivity (Wildman–Crippen MR) is 84.2 cm³/mol. The standard InChI is InChI=1S/C17H26N2O2/c1-5-7-12(3)19-16(18-13(4)17(19)20)14-8-10-15(11-9-14)21-6-2/h8-13,16,18H,5-7H2,1-4H3. The molecule has 0 aliphatic carbocycles. The SMILES string of the molecule is CCCC(C)N1C(=O)C(C)NC1c1ccc(OCC)cc1. The van der Waals surface area contributed by atoms with Gasteiger partial charge >= 0.3 is 0 Å². The Bertz CT molecular complexity index is 472. The average Bonchev–Trinajstić information content (AvgIpc) is 2.76. The third-order valence-electron chi connectivity index (χ3n) is 4.00. The first-order valence-corrected chi connectivity index (χ1v) is 7.89. The van der Waals surface area contributed by atoms with Gasteiger partial charge < -0.3 is 9.64 Å². The lowest BCUT2D eigenvalue weighted by Gasteiger charge is -2.30. The van der Waals surface area contributed by atoms with Gasteiger partial charge in [-0.15, -0.1) is 0 Å². The fourth-order valence-corrected chi connectivity index (χ4v) is 2.94. The van der Waals surface area contributed by atoms with E-state index in [9.17, 15) is 4.79 Å². The Kier molecular flexibility index (Phi) is 5.23. The van der Waals surface area contributed by atoms with Crippen LogP contribution in [0.2, 0.25) is 0 Å². The molecule has 1 heterocycles. The number of hydrogen-bond donors (Lipinski definition) is 1. The minimum atomic E-state index is -0.124. The van der Waals surface area contributed by atoms with Crippen molar-refractivity contribution in [2.45, 2.75) is 58.8 Å². The molecule has 1 aliphatic rings. The third kappa shape index (κ3) is 3.38. The van der Waals surface area contributed by atoms with E-state index in [2.05, 4.69) is 19.2 Å². The molecule has 1 amide bonds. The van der Waals surface area contributed by atoms with Crippen molar-refractivity contribution in [3.8, 4) is 5.75 Å². The first-order chi connectivity index (χ1) is 10.1. The van der Waals surface area contributed by atoms with Gasteiger partial charge in [0.25, 0.3) is 0 Å². The Hall–Kier alpha value is -1.55. The topological polar surface area (TPSA) is 41.6 Å². The van der Waals surface area contributed by atoms with Crippen molar-refractivity contribution in [1.29, 1.82) is 0 Å². The molecule has 1 saturated heterocycles. The fraction of sp³-hybridized carbons (Fsp3) is 0.588. The molecular weight excluding hydrogens is 264 g/mol. The van der Waals surface area contributed by atoms with Crippen LogP contribution >= 0.6 is 0 Å². The summed E-state index contributed by atoms with van der Waals surface area (Å²) in [4.78, 5) is 14.4. The van der Waals surface area contributed by atoms with Crippen LogP contribution < -0.4 is 10.1 Å². The molecule has 1 N–H and O–H groups in total. The number of carbonyl (C=O) groups is 1. The fourth-order valence-electron chi connectivity index (χ4n) is 2.94. The zero-order valence-corrected chi connectivity index (χ0v) is 13.4. The van der Waals surface area contributed by atoms with Gasteiger partial charge in [-0.1, -0.05) is 25.5 Å². The van der Waals surface area contributed by atoms with E-state index in [0.717, 1.165) is 24.2 Å². The molecule has 1 aliphatic heterocycles. The van der Waals surface area contributed by atoms with Crippen LogP contribution in [0.25, 0.3) is 0 Å². The lowest BCUT2D eigenvalue weighted by atomic mass is 10.1. The number of ether oxygens (including phenoxy) is 1. The summed E-state index contributed by atoms with van der Waals surface area (Å²) < 4.78 is 5.48. The number of benzene rings is 1. The second-order valence-electron chi connectivity index (χ2n) is 5.68. The zero-order chi connectivity index (χ0) is 15.4. The summed E-state index contributed by atoms with van der Waals surface area (Å²) in [6, 6.07) is 8.14. The molecule has 3 atom stereocenters. The maximum absolute atomic E-state index is 12.4. The average molecular weight is 290 g/mol. The van der Waals surface area contributed by atoms with E-state index in [1.54, 1.807) is 0 Å². The van der Waals surface area contributed by atoms with Crippen LogP contribution in [-0.4, -0.2) is 29.5 Å². The molecule has 0 radical (unpaired) electrons. The molecular formula is C17H26N2O2. The molecule has 21 heavy (non-hydrogen) atoms. The molecule has 0 saturated carbocycles. The number of carbonyl (C=O) groups excluding carboxylic acids is 1. The number of amides is 1. The van der Waals surface area contributed by atoms with E-state index in [1.807, 2.05) is 43.0 Å². The van der Waals surface area contributed by atoms with Crippen molar-refractivity contribution in [2.24, 2.45) is 0 Å². The van der Waals surface area contributed by atoms with Crippen LogP contribution in [0.3, 0.4) is 0 Å². The van der Waals surface area contributed by atoms with Gasteiger partial charge in [-0.3, -0.25) is 10.1 Å². The summed E-state index contributed by atoms with van der Waals surface area (Å²) in [6.45, 7) is 8.85. The van der Waals surface area contributed by atoms with E-state index in [0.29, 0.717) is 6.61 Å². The Morgan fingerprint density at radius 2 is 1.95 bits per heavy atom. The first-order valence-electron chi connectivity index (χ1n) is 7.89. The van der Waals surface area contributed by atoms with E-state index in [1.165, 1.54) is 0 Å². The molecule has 4 nitrogen and oxygen atoms in total. The van der Waals surface area contributed by atoms with Crippen molar-refractivity contribution in [3.05, 3.63) is 29.8 Å². The minimum Gasteiger partial charge on any atom is -0.494 e. The van der Waals surface area contributed by atoms with Gasteiger partial charge in [0.2, 0.25) is 5.91 Å². The molecule has 1 aromatic carbocycles. The highest BCUT2D eigenvalue weighted by Crippen LogP contribution is 2.29. The quantitative estimate of drug-likeness (QED) is 0.875. The highest BCUT2D eigenvalue weighted by Gasteiger charge is 2.39. The van der Waals surface area contributed by atoms with Crippen molar-refractivity contribution >= 4 is 5.91 Å².